The molecule has 0 atom stereocenters. The lowest BCUT2D eigenvalue weighted by Gasteiger charge is -2.04. The first-order valence-corrected chi connectivity index (χ1v) is 7.81. The molecule has 6 heteroatoms. The Balaban J connectivity index is 1.54. The number of thiophene rings is 1. The second kappa shape index (κ2) is 6.53. The average molecular weight is 313 g/mol. The van der Waals surface area contributed by atoms with Crippen LogP contribution < -0.4 is 5.32 Å². The fraction of sp³-hybridized carbons (Fsp3) is 0.188. The molecule has 1 aromatic carbocycles. The molecule has 0 spiro atoms. The Labute approximate surface area is 132 Å². The van der Waals surface area contributed by atoms with Crippen molar-refractivity contribution in [2.45, 2.75) is 13.3 Å². The van der Waals surface area contributed by atoms with Gasteiger partial charge in [-0.15, -0.1) is 21.5 Å². The zero-order valence-corrected chi connectivity index (χ0v) is 12.9. The van der Waals surface area contributed by atoms with Crippen molar-refractivity contribution in [1.29, 1.82) is 0 Å². The minimum absolute atomic E-state index is 0.0957. The molecule has 0 saturated carbocycles. The van der Waals surface area contributed by atoms with Crippen LogP contribution in [-0.2, 0) is 6.42 Å². The van der Waals surface area contributed by atoms with E-state index in [0.717, 1.165) is 10.4 Å². The first-order chi connectivity index (χ1) is 10.7. The molecule has 0 fully saturated rings. The van der Waals surface area contributed by atoms with Crippen molar-refractivity contribution < 1.29 is 9.21 Å². The molecule has 0 aliphatic carbocycles. The highest BCUT2D eigenvalue weighted by Gasteiger charge is 2.10. The van der Waals surface area contributed by atoms with E-state index in [1.165, 1.54) is 0 Å². The molecule has 0 aliphatic heterocycles. The van der Waals surface area contributed by atoms with Gasteiger partial charge in [-0.3, -0.25) is 4.79 Å². The molecule has 112 valence electrons. The Kier molecular flexibility index (Phi) is 4.29. The Morgan fingerprint density at radius 2 is 2.18 bits per heavy atom. The third-order valence-electron chi connectivity index (χ3n) is 3.10. The summed E-state index contributed by atoms with van der Waals surface area (Å²) in [5.74, 6) is 0.949. The molecule has 0 radical (unpaired) electrons. The normalized spacial score (nSPS) is 10.6. The number of rotatable bonds is 5. The number of hydrogen-bond acceptors (Lipinski definition) is 5. The van der Waals surface area contributed by atoms with Crippen LogP contribution in [0.15, 0.2) is 46.2 Å². The highest BCUT2D eigenvalue weighted by atomic mass is 32.1. The van der Waals surface area contributed by atoms with Crippen molar-refractivity contribution in [1.82, 2.24) is 15.5 Å². The standard InChI is InChI=1S/C16H15N3O2S/c1-11-4-2-5-12(10-11)15(20)17-8-7-14-18-19-16(21-14)13-6-3-9-22-13/h2-6,9-10H,7-8H2,1H3,(H,17,20). The lowest BCUT2D eigenvalue weighted by atomic mass is 10.1. The van der Waals surface area contributed by atoms with Gasteiger partial charge >= 0.3 is 0 Å². The number of hydrogen-bond donors (Lipinski definition) is 1. The third-order valence-corrected chi connectivity index (χ3v) is 3.96. The van der Waals surface area contributed by atoms with Crippen molar-refractivity contribution >= 4 is 17.2 Å². The molecule has 5 nitrogen and oxygen atoms in total. The van der Waals surface area contributed by atoms with Gasteiger partial charge in [0, 0.05) is 18.5 Å². The van der Waals surface area contributed by atoms with Crippen molar-refractivity contribution in [3.63, 3.8) is 0 Å². The van der Waals surface area contributed by atoms with E-state index in [0.29, 0.717) is 30.3 Å². The van der Waals surface area contributed by atoms with Gasteiger partial charge in [-0.2, -0.15) is 0 Å². The second-order valence-corrected chi connectivity index (χ2v) is 5.80. The van der Waals surface area contributed by atoms with Gasteiger partial charge in [0.2, 0.25) is 5.89 Å². The van der Waals surface area contributed by atoms with Gasteiger partial charge in [0.15, 0.2) is 0 Å². The molecule has 0 unspecified atom stereocenters. The summed E-state index contributed by atoms with van der Waals surface area (Å²) in [7, 11) is 0. The number of aryl methyl sites for hydroxylation is 1. The average Bonchev–Trinajstić information content (AvgIpc) is 3.18. The monoisotopic (exact) mass is 313 g/mol. The lowest BCUT2D eigenvalue weighted by molar-refractivity contribution is 0.0953. The second-order valence-electron chi connectivity index (χ2n) is 4.85. The number of benzene rings is 1. The Morgan fingerprint density at radius 3 is 2.95 bits per heavy atom. The summed E-state index contributed by atoms with van der Waals surface area (Å²) in [5, 5.41) is 12.8. The molecule has 3 aromatic rings. The molecule has 3 rings (SSSR count). The van der Waals surface area contributed by atoms with E-state index in [9.17, 15) is 4.79 Å². The number of nitrogens with one attached hydrogen (secondary N) is 1. The number of nitrogens with zero attached hydrogens (tertiary/aromatic N) is 2. The van der Waals surface area contributed by atoms with Gasteiger partial charge < -0.3 is 9.73 Å². The summed E-state index contributed by atoms with van der Waals surface area (Å²) < 4.78 is 5.57. The maximum atomic E-state index is 12.0. The Hall–Kier alpha value is -2.47. The molecular weight excluding hydrogens is 298 g/mol. The summed E-state index contributed by atoms with van der Waals surface area (Å²) >= 11 is 1.55. The smallest absolute Gasteiger partial charge is 0.257 e. The molecule has 22 heavy (non-hydrogen) atoms. The van der Waals surface area contributed by atoms with Crippen LogP contribution in [0.5, 0.6) is 0 Å². The van der Waals surface area contributed by atoms with Crippen LogP contribution in [0.3, 0.4) is 0 Å². The van der Waals surface area contributed by atoms with Gasteiger partial charge in [0.1, 0.15) is 0 Å². The van der Waals surface area contributed by atoms with Crippen molar-refractivity contribution in [3.05, 3.63) is 58.8 Å². The minimum Gasteiger partial charge on any atom is -0.420 e. The van der Waals surface area contributed by atoms with E-state index in [2.05, 4.69) is 15.5 Å². The van der Waals surface area contributed by atoms with Crippen molar-refractivity contribution in [3.8, 4) is 10.8 Å². The van der Waals surface area contributed by atoms with Crippen LogP contribution in [0.1, 0.15) is 21.8 Å². The molecule has 1 N–H and O–H groups in total. The lowest BCUT2D eigenvalue weighted by Crippen LogP contribution is -2.25. The highest BCUT2D eigenvalue weighted by molar-refractivity contribution is 7.13. The predicted octanol–water partition coefficient (Wildman–Crippen LogP) is 3.08. The fourth-order valence-corrected chi connectivity index (χ4v) is 2.67. The largest absolute Gasteiger partial charge is 0.420 e. The number of carbonyl (C=O) groups is 1. The van der Waals surface area contributed by atoms with Gasteiger partial charge in [0.05, 0.1) is 4.88 Å². The van der Waals surface area contributed by atoms with Crippen molar-refractivity contribution in [2.75, 3.05) is 6.54 Å². The van der Waals surface area contributed by atoms with Crippen LogP contribution in [-0.4, -0.2) is 22.6 Å². The molecule has 2 aromatic heterocycles. The maximum absolute atomic E-state index is 12.0. The summed E-state index contributed by atoms with van der Waals surface area (Å²) in [4.78, 5) is 12.9. The van der Waals surface area contributed by atoms with Crippen molar-refractivity contribution in [2.24, 2.45) is 0 Å². The first kappa shape index (κ1) is 14.5. The van der Waals surface area contributed by atoms with Gasteiger partial charge in [-0.1, -0.05) is 23.8 Å². The van der Waals surface area contributed by atoms with Crippen LogP contribution >= 0.6 is 11.3 Å². The maximum Gasteiger partial charge on any atom is 0.257 e. The minimum atomic E-state index is -0.0957. The van der Waals surface area contributed by atoms with Crippen LogP contribution in [0.4, 0.5) is 0 Å². The summed E-state index contributed by atoms with van der Waals surface area (Å²) in [6.45, 7) is 2.42. The SMILES string of the molecule is Cc1cccc(C(=O)NCCc2nnc(-c3cccs3)o2)c1. The Bertz CT molecular complexity index is 765. The zero-order chi connectivity index (χ0) is 15.4. The van der Waals surface area contributed by atoms with Gasteiger partial charge in [0.25, 0.3) is 11.8 Å². The van der Waals surface area contributed by atoms with E-state index in [1.807, 2.05) is 42.6 Å². The van der Waals surface area contributed by atoms with Crippen LogP contribution in [0, 0.1) is 6.92 Å². The zero-order valence-electron chi connectivity index (χ0n) is 12.1. The molecule has 2 heterocycles. The molecular formula is C16H15N3O2S. The predicted molar refractivity (Wildman–Crippen MR) is 84.8 cm³/mol. The van der Waals surface area contributed by atoms with Gasteiger partial charge in [-0.25, -0.2) is 0 Å². The van der Waals surface area contributed by atoms with E-state index in [1.54, 1.807) is 17.4 Å². The summed E-state index contributed by atoms with van der Waals surface area (Å²) in [6.07, 6.45) is 0.510. The number of amides is 1. The summed E-state index contributed by atoms with van der Waals surface area (Å²) in [5.41, 5.74) is 1.72. The Morgan fingerprint density at radius 1 is 1.27 bits per heavy atom. The van der Waals surface area contributed by atoms with E-state index < -0.39 is 0 Å². The fourth-order valence-electron chi connectivity index (χ4n) is 2.03. The van der Waals surface area contributed by atoms with E-state index in [4.69, 9.17) is 4.42 Å². The third kappa shape index (κ3) is 3.40. The van der Waals surface area contributed by atoms with Gasteiger partial charge in [-0.05, 0) is 30.5 Å². The highest BCUT2D eigenvalue weighted by Crippen LogP contribution is 2.22. The summed E-state index contributed by atoms with van der Waals surface area (Å²) in [6, 6.07) is 11.4. The van der Waals surface area contributed by atoms with Crippen LogP contribution in [0.2, 0.25) is 0 Å². The van der Waals surface area contributed by atoms with E-state index >= 15 is 0 Å². The molecule has 0 aliphatic rings. The topological polar surface area (TPSA) is 68.0 Å². The number of carbonyl (C=O) groups excluding carboxylic acids is 1. The molecule has 1 amide bonds. The molecule has 0 bridgehead atoms. The van der Waals surface area contributed by atoms with E-state index in [-0.39, 0.29) is 5.91 Å². The van der Waals surface area contributed by atoms with Crippen LogP contribution in [0.25, 0.3) is 10.8 Å². The first-order valence-electron chi connectivity index (χ1n) is 6.93. The quantitative estimate of drug-likeness (QED) is 0.786. The number of aromatic nitrogens is 2. The molecule has 0 saturated heterocycles.